The highest BCUT2D eigenvalue weighted by molar-refractivity contribution is 6.00. The van der Waals surface area contributed by atoms with Gasteiger partial charge in [0.2, 0.25) is 0 Å². The number of ketones is 1. The fourth-order valence-corrected chi connectivity index (χ4v) is 3.22. The minimum atomic E-state index is -0.844. The summed E-state index contributed by atoms with van der Waals surface area (Å²) in [5.41, 5.74) is 4.86. The zero-order valence-electron chi connectivity index (χ0n) is 13.9. The average molecular weight is 346 g/mol. The molecule has 3 aromatic carbocycles. The van der Waals surface area contributed by atoms with Crippen LogP contribution < -0.4 is 0 Å². The summed E-state index contributed by atoms with van der Waals surface area (Å²) in [5, 5.41) is 0. The Morgan fingerprint density at radius 3 is 2.46 bits per heavy atom. The number of ether oxygens (including phenoxy) is 1. The maximum Gasteiger partial charge on any atom is 0.341 e. The lowest BCUT2D eigenvalue weighted by molar-refractivity contribution is 0.0470. The average Bonchev–Trinajstić information content (AvgIpc) is 3.04. The molecule has 128 valence electrons. The van der Waals surface area contributed by atoms with E-state index in [-0.39, 0.29) is 11.3 Å². The molecule has 0 bridgehead atoms. The van der Waals surface area contributed by atoms with Gasteiger partial charge in [0.1, 0.15) is 5.82 Å². The van der Waals surface area contributed by atoms with Gasteiger partial charge in [0.05, 0.1) is 5.56 Å². The van der Waals surface area contributed by atoms with Gasteiger partial charge < -0.3 is 4.74 Å². The molecular weight excluding hydrogens is 331 g/mol. The summed E-state index contributed by atoms with van der Waals surface area (Å²) in [6.45, 7) is -0.423. The van der Waals surface area contributed by atoms with Crippen molar-refractivity contribution in [2.45, 2.75) is 6.42 Å². The van der Waals surface area contributed by atoms with Crippen molar-refractivity contribution in [2.24, 2.45) is 0 Å². The first kappa shape index (κ1) is 16.2. The zero-order chi connectivity index (χ0) is 18.1. The van der Waals surface area contributed by atoms with Crippen molar-refractivity contribution in [3.05, 3.63) is 94.8 Å². The van der Waals surface area contributed by atoms with Crippen LogP contribution in [0.1, 0.15) is 31.8 Å². The fraction of sp³-hybridized carbons (Fsp3) is 0.0909. The van der Waals surface area contributed by atoms with Gasteiger partial charge in [-0.15, -0.1) is 0 Å². The van der Waals surface area contributed by atoms with Gasteiger partial charge >= 0.3 is 5.97 Å². The molecule has 1 aliphatic rings. The van der Waals surface area contributed by atoms with Gasteiger partial charge in [0.15, 0.2) is 12.4 Å². The first-order chi connectivity index (χ1) is 12.6. The smallest absolute Gasteiger partial charge is 0.341 e. The monoisotopic (exact) mass is 346 g/mol. The van der Waals surface area contributed by atoms with Crippen molar-refractivity contribution < 1.29 is 18.7 Å². The molecule has 0 radical (unpaired) electrons. The van der Waals surface area contributed by atoms with E-state index in [0.717, 1.165) is 17.5 Å². The molecule has 0 amide bonds. The Kier molecular flexibility index (Phi) is 4.09. The number of halogens is 1. The summed E-state index contributed by atoms with van der Waals surface area (Å²) in [4.78, 5) is 24.3. The number of hydrogen-bond donors (Lipinski definition) is 0. The Bertz CT molecular complexity index is 1020. The molecule has 3 aromatic rings. The molecule has 0 saturated heterocycles. The molecule has 0 N–H and O–H groups in total. The van der Waals surface area contributed by atoms with Gasteiger partial charge in [0, 0.05) is 5.56 Å². The third-order valence-corrected chi connectivity index (χ3v) is 4.55. The Morgan fingerprint density at radius 1 is 0.885 bits per heavy atom. The lowest BCUT2D eigenvalue weighted by atomic mass is 10.0. The van der Waals surface area contributed by atoms with Crippen molar-refractivity contribution in [2.75, 3.05) is 6.61 Å². The van der Waals surface area contributed by atoms with E-state index < -0.39 is 18.4 Å². The number of carbonyl (C=O) groups is 2. The Labute approximate surface area is 150 Å². The molecule has 1 aliphatic carbocycles. The first-order valence-electron chi connectivity index (χ1n) is 8.29. The third-order valence-electron chi connectivity index (χ3n) is 4.55. The number of hydrogen-bond acceptors (Lipinski definition) is 3. The van der Waals surface area contributed by atoms with Gasteiger partial charge in [-0.2, -0.15) is 0 Å². The highest BCUT2D eigenvalue weighted by atomic mass is 19.1. The van der Waals surface area contributed by atoms with Crippen molar-refractivity contribution >= 4 is 11.8 Å². The van der Waals surface area contributed by atoms with Crippen LogP contribution in [0.4, 0.5) is 4.39 Å². The molecule has 0 fully saturated rings. The van der Waals surface area contributed by atoms with E-state index in [9.17, 15) is 14.0 Å². The molecular formula is C22H15FO3. The number of rotatable bonds is 4. The molecule has 0 atom stereocenters. The molecule has 4 heteroatoms. The topological polar surface area (TPSA) is 43.4 Å². The predicted molar refractivity (Wildman–Crippen MR) is 95.7 cm³/mol. The minimum absolute atomic E-state index is 0.178. The van der Waals surface area contributed by atoms with Crippen LogP contribution in [-0.2, 0) is 11.2 Å². The summed E-state index contributed by atoms with van der Waals surface area (Å²) < 4.78 is 18.6. The van der Waals surface area contributed by atoms with Crippen LogP contribution in [0.25, 0.3) is 11.1 Å². The van der Waals surface area contributed by atoms with E-state index >= 15 is 0 Å². The van der Waals surface area contributed by atoms with Crippen LogP contribution in [0.2, 0.25) is 0 Å². The second-order valence-electron chi connectivity index (χ2n) is 6.19. The summed E-state index contributed by atoms with van der Waals surface area (Å²) in [6, 6.07) is 19.1. The number of fused-ring (bicyclic) bond motifs is 3. The highest BCUT2D eigenvalue weighted by Crippen LogP contribution is 2.36. The van der Waals surface area contributed by atoms with Crippen molar-refractivity contribution in [1.29, 1.82) is 0 Å². The predicted octanol–water partition coefficient (Wildman–Crippen LogP) is 4.44. The quantitative estimate of drug-likeness (QED) is 0.405. The lowest BCUT2D eigenvalue weighted by Gasteiger charge is -2.07. The largest absolute Gasteiger partial charge is 0.454 e. The van der Waals surface area contributed by atoms with E-state index in [1.165, 1.54) is 29.3 Å². The van der Waals surface area contributed by atoms with Gasteiger partial charge in [0.25, 0.3) is 0 Å². The molecule has 0 unspecified atom stereocenters. The van der Waals surface area contributed by atoms with Crippen molar-refractivity contribution in [3.8, 4) is 11.1 Å². The van der Waals surface area contributed by atoms with Gasteiger partial charge in [-0.1, -0.05) is 48.5 Å². The van der Waals surface area contributed by atoms with E-state index in [0.29, 0.717) is 5.56 Å². The normalized spacial score (nSPS) is 11.6. The van der Waals surface area contributed by atoms with Gasteiger partial charge in [-0.25, -0.2) is 9.18 Å². The second-order valence-corrected chi connectivity index (χ2v) is 6.19. The van der Waals surface area contributed by atoms with E-state index in [4.69, 9.17) is 4.74 Å². The Hall–Kier alpha value is -3.27. The molecule has 3 nitrogen and oxygen atoms in total. The SMILES string of the molecule is O=C(COC(=O)c1ccccc1F)c1ccc2c(c1)-c1ccccc1C2. The maximum absolute atomic E-state index is 13.6. The van der Waals surface area contributed by atoms with Crippen molar-refractivity contribution in [1.82, 2.24) is 0 Å². The van der Waals surface area contributed by atoms with Gasteiger partial charge in [-0.05, 0) is 46.9 Å². The lowest BCUT2D eigenvalue weighted by Crippen LogP contribution is -2.15. The Morgan fingerprint density at radius 2 is 1.62 bits per heavy atom. The second kappa shape index (κ2) is 6.56. The van der Waals surface area contributed by atoms with Gasteiger partial charge in [-0.3, -0.25) is 4.79 Å². The Balaban J connectivity index is 1.50. The standard InChI is InChI=1S/C22H15FO3/c23-20-8-4-3-7-18(20)22(25)26-13-21(24)16-10-9-15-11-14-5-1-2-6-17(14)19(15)12-16/h1-10,12H,11,13H2. The summed E-state index contributed by atoms with van der Waals surface area (Å²) >= 11 is 0. The summed E-state index contributed by atoms with van der Waals surface area (Å²) in [6.07, 6.45) is 0.849. The molecule has 0 aliphatic heterocycles. The van der Waals surface area contributed by atoms with Crippen LogP contribution in [-0.4, -0.2) is 18.4 Å². The number of benzene rings is 3. The van der Waals surface area contributed by atoms with E-state index in [1.807, 2.05) is 30.3 Å². The van der Waals surface area contributed by atoms with Crippen LogP contribution in [0, 0.1) is 5.82 Å². The number of esters is 1. The third kappa shape index (κ3) is 2.90. The van der Waals surface area contributed by atoms with E-state index in [1.54, 1.807) is 12.1 Å². The molecule has 0 spiro atoms. The van der Waals surface area contributed by atoms with Crippen LogP contribution in [0.3, 0.4) is 0 Å². The highest BCUT2D eigenvalue weighted by Gasteiger charge is 2.20. The zero-order valence-corrected chi connectivity index (χ0v) is 13.9. The van der Waals surface area contributed by atoms with Crippen LogP contribution in [0.5, 0.6) is 0 Å². The number of carbonyl (C=O) groups excluding carboxylic acids is 2. The summed E-state index contributed by atoms with van der Waals surface area (Å²) in [5.74, 6) is -1.83. The first-order valence-corrected chi connectivity index (χ1v) is 8.29. The molecule has 0 heterocycles. The number of Topliss-reactive ketones (excluding diaryl/α,β-unsaturated/α-hetero) is 1. The maximum atomic E-state index is 13.6. The molecule has 0 saturated carbocycles. The fourth-order valence-electron chi connectivity index (χ4n) is 3.22. The summed E-state index contributed by atoms with van der Waals surface area (Å²) in [7, 11) is 0. The van der Waals surface area contributed by atoms with Crippen LogP contribution >= 0.6 is 0 Å². The van der Waals surface area contributed by atoms with Crippen LogP contribution in [0.15, 0.2) is 66.7 Å². The van der Waals surface area contributed by atoms with Crippen molar-refractivity contribution in [3.63, 3.8) is 0 Å². The van der Waals surface area contributed by atoms with E-state index in [2.05, 4.69) is 6.07 Å². The molecule has 0 aromatic heterocycles. The molecule has 26 heavy (non-hydrogen) atoms. The molecule has 4 rings (SSSR count). The minimum Gasteiger partial charge on any atom is -0.454 e.